The van der Waals surface area contributed by atoms with Crippen molar-refractivity contribution in [1.29, 1.82) is 0 Å². The molecule has 2 heterocycles. The zero-order chi connectivity index (χ0) is 12.5. The fourth-order valence-corrected chi connectivity index (χ4v) is 3.30. The Bertz CT molecular complexity index is 432. The van der Waals surface area contributed by atoms with Crippen LogP contribution in [0.15, 0.2) is 18.3 Å². The molecule has 2 fully saturated rings. The van der Waals surface area contributed by atoms with Gasteiger partial charge >= 0.3 is 0 Å². The summed E-state index contributed by atoms with van der Waals surface area (Å²) >= 11 is 0. The number of likely N-dealkylation sites (tertiary alicyclic amines) is 1. The first-order chi connectivity index (χ1) is 8.72. The second-order valence-corrected chi connectivity index (χ2v) is 5.47. The number of rotatable bonds is 3. The molecule has 4 nitrogen and oxygen atoms in total. The van der Waals surface area contributed by atoms with Gasteiger partial charge in [-0.2, -0.15) is 0 Å². The average molecular weight is 246 g/mol. The van der Waals surface area contributed by atoms with Crippen LogP contribution >= 0.6 is 0 Å². The summed E-state index contributed by atoms with van der Waals surface area (Å²) in [6, 6.07) is 3.10. The molecule has 1 aromatic heterocycles. The number of carbonyl (C=O) groups excluding carboxylic acids is 1. The van der Waals surface area contributed by atoms with Gasteiger partial charge in [-0.15, -0.1) is 0 Å². The molecule has 2 aliphatic rings. The smallest absolute Gasteiger partial charge is 0.195 e. The SMILES string of the molecule is O=C(CN1CC2CCC[C@@H]2C1)c1ccc(O)cn1. The number of aromatic nitrogens is 1. The zero-order valence-electron chi connectivity index (χ0n) is 10.4. The lowest BCUT2D eigenvalue weighted by Crippen LogP contribution is -2.29. The van der Waals surface area contributed by atoms with Crippen LogP contribution < -0.4 is 0 Å². The zero-order valence-corrected chi connectivity index (χ0v) is 10.4. The number of nitrogens with zero attached hydrogens (tertiary/aromatic N) is 2. The van der Waals surface area contributed by atoms with Crippen molar-refractivity contribution in [3.63, 3.8) is 0 Å². The highest BCUT2D eigenvalue weighted by Crippen LogP contribution is 2.37. The number of pyridine rings is 1. The van der Waals surface area contributed by atoms with E-state index in [0.29, 0.717) is 12.2 Å². The largest absolute Gasteiger partial charge is 0.506 e. The maximum atomic E-state index is 12.0. The maximum absolute atomic E-state index is 12.0. The third-order valence-electron chi connectivity index (χ3n) is 4.20. The second kappa shape index (κ2) is 4.69. The van der Waals surface area contributed by atoms with Crippen molar-refractivity contribution in [3.8, 4) is 5.75 Å². The first-order valence-electron chi connectivity index (χ1n) is 6.63. The minimum Gasteiger partial charge on any atom is -0.506 e. The van der Waals surface area contributed by atoms with Gasteiger partial charge in [0.15, 0.2) is 5.78 Å². The van der Waals surface area contributed by atoms with E-state index in [4.69, 9.17) is 5.11 Å². The summed E-state index contributed by atoms with van der Waals surface area (Å²) in [6.45, 7) is 2.59. The molecule has 3 rings (SSSR count). The van der Waals surface area contributed by atoms with Gasteiger partial charge < -0.3 is 5.11 Å². The second-order valence-electron chi connectivity index (χ2n) is 5.47. The molecular weight excluding hydrogens is 228 g/mol. The van der Waals surface area contributed by atoms with Crippen molar-refractivity contribution in [2.45, 2.75) is 19.3 Å². The minimum atomic E-state index is 0.0509. The van der Waals surface area contributed by atoms with Crippen molar-refractivity contribution < 1.29 is 9.90 Å². The molecule has 0 spiro atoms. The highest BCUT2D eigenvalue weighted by atomic mass is 16.3. The summed E-state index contributed by atoms with van der Waals surface area (Å²) in [6.07, 6.45) is 5.34. The number of fused-ring (bicyclic) bond motifs is 1. The van der Waals surface area contributed by atoms with E-state index < -0.39 is 0 Å². The van der Waals surface area contributed by atoms with Crippen LogP contribution in [-0.4, -0.2) is 40.4 Å². The Kier molecular flexibility index (Phi) is 3.04. The van der Waals surface area contributed by atoms with E-state index >= 15 is 0 Å². The van der Waals surface area contributed by atoms with Gasteiger partial charge in [0.1, 0.15) is 11.4 Å². The molecule has 0 aromatic carbocycles. The Morgan fingerprint density at radius 2 is 2.06 bits per heavy atom. The van der Waals surface area contributed by atoms with E-state index in [1.165, 1.54) is 31.5 Å². The molecule has 1 unspecified atom stereocenters. The van der Waals surface area contributed by atoms with Gasteiger partial charge in [-0.1, -0.05) is 6.42 Å². The molecule has 18 heavy (non-hydrogen) atoms. The first-order valence-corrected chi connectivity index (χ1v) is 6.63. The van der Waals surface area contributed by atoms with Crippen molar-refractivity contribution in [2.24, 2.45) is 11.8 Å². The molecule has 1 aliphatic heterocycles. The molecule has 1 aliphatic carbocycles. The normalized spacial score (nSPS) is 27.3. The van der Waals surface area contributed by atoms with Crippen LogP contribution in [0, 0.1) is 11.8 Å². The van der Waals surface area contributed by atoms with Gasteiger partial charge in [-0.25, -0.2) is 4.98 Å². The lowest BCUT2D eigenvalue weighted by atomic mass is 10.0. The number of hydrogen-bond donors (Lipinski definition) is 1. The van der Waals surface area contributed by atoms with Gasteiger partial charge in [0, 0.05) is 13.1 Å². The summed E-state index contributed by atoms with van der Waals surface area (Å²) in [5, 5.41) is 9.15. The third kappa shape index (κ3) is 2.25. The number of aromatic hydroxyl groups is 1. The number of ketones is 1. The van der Waals surface area contributed by atoms with Crippen LogP contribution in [0.2, 0.25) is 0 Å². The topological polar surface area (TPSA) is 53.4 Å². The molecule has 4 heteroatoms. The highest BCUT2D eigenvalue weighted by Gasteiger charge is 2.36. The van der Waals surface area contributed by atoms with E-state index in [0.717, 1.165) is 24.9 Å². The van der Waals surface area contributed by atoms with Crippen molar-refractivity contribution in [1.82, 2.24) is 9.88 Å². The van der Waals surface area contributed by atoms with Gasteiger partial charge in [-0.3, -0.25) is 9.69 Å². The quantitative estimate of drug-likeness (QED) is 0.825. The lowest BCUT2D eigenvalue weighted by molar-refractivity contribution is 0.0936. The average Bonchev–Trinajstić information content (AvgIpc) is 2.90. The number of hydrogen-bond acceptors (Lipinski definition) is 4. The molecule has 0 radical (unpaired) electrons. The maximum Gasteiger partial charge on any atom is 0.195 e. The van der Waals surface area contributed by atoms with E-state index in [1.807, 2.05) is 0 Å². The highest BCUT2D eigenvalue weighted by molar-refractivity contribution is 5.95. The van der Waals surface area contributed by atoms with Crippen LogP contribution in [0.3, 0.4) is 0 Å². The molecule has 0 bridgehead atoms. The fourth-order valence-electron chi connectivity index (χ4n) is 3.30. The first kappa shape index (κ1) is 11.7. The summed E-state index contributed by atoms with van der Waals surface area (Å²) in [5.74, 6) is 1.77. The number of Topliss-reactive ketones (excluding diaryl/α,β-unsaturated/α-hetero) is 1. The number of carbonyl (C=O) groups is 1. The van der Waals surface area contributed by atoms with Crippen molar-refractivity contribution in [2.75, 3.05) is 19.6 Å². The van der Waals surface area contributed by atoms with E-state index in [2.05, 4.69) is 9.88 Å². The summed E-state index contributed by atoms with van der Waals surface area (Å²) in [5.41, 5.74) is 0.449. The molecule has 1 aromatic rings. The van der Waals surface area contributed by atoms with Crippen LogP contribution in [-0.2, 0) is 0 Å². The molecule has 0 amide bonds. The van der Waals surface area contributed by atoms with E-state index in [-0.39, 0.29) is 11.5 Å². The van der Waals surface area contributed by atoms with E-state index in [9.17, 15) is 4.79 Å². The Hall–Kier alpha value is -1.42. The monoisotopic (exact) mass is 246 g/mol. The van der Waals surface area contributed by atoms with Crippen molar-refractivity contribution in [3.05, 3.63) is 24.0 Å². The van der Waals surface area contributed by atoms with Crippen LogP contribution in [0.4, 0.5) is 0 Å². The standard InChI is InChI=1S/C14H18N2O2/c17-12-4-5-13(15-6-12)14(18)9-16-7-10-2-1-3-11(10)8-16/h4-6,10-11,17H,1-3,7-9H2/t10-,11?/m1/s1. The van der Waals surface area contributed by atoms with Crippen molar-refractivity contribution >= 4 is 5.78 Å². The van der Waals surface area contributed by atoms with Gasteiger partial charge in [-0.05, 0) is 36.8 Å². The Morgan fingerprint density at radius 1 is 1.33 bits per heavy atom. The van der Waals surface area contributed by atoms with E-state index in [1.54, 1.807) is 6.07 Å². The Morgan fingerprint density at radius 3 is 2.67 bits per heavy atom. The van der Waals surface area contributed by atoms with Crippen LogP contribution in [0.5, 0.6) is 5.75 Å². The summed E-state index contributed by atoms with van der Waals surface area (Å²) in [7, 11) is 0. The Balaban J connectivity index is 1.60. The predicted molar refractivity (Wildman–Crippen MR) is 67.5 cm³/mol. The Labute approximate surface area is 107 Å². The minimum absolute atomic E-state index is 0.0509. The molecule has 96 valence electrons. The summed E-state index contributed by atoms with van der Waals surface area (Å²) in [4.78, 5) is 18.3. The molecule has 1 saturated carbocycles. The molecule has 2 atom stereocenters. The third-order valence-corrected chi connectivity index (χ3v) is 4.20. The van der Waals surface area contributed by atoms with Gasteiger partial charge in [0.25, 0.3) is 0 Å². The fraction of sp³-hybridized carbons (Fsp3) is 0.571. The predicted octanol–water partition coefficient (Wildman–Crippen LogP) is 1.70. The molecule has 1 N–H and O–H groups in total. The van der Waals surface area contributed by atoms with Gasteiger partial charge in [0.05, 0.1) is 12.7 Å². The lowest BCUT2D eigenvalue weighted by Gasteiger charge is -2.15. The summed E-state index contributed by atoms with van der Waals surface area (Å²) < 4.78 is 0. The van der Waals surface area contributed by atoms with Crippen LogP contribution in [0.1, 0.15) is 29.8 Å². The van der Waals surface area contributed by atoms with Crippen LogP contribution in [0.25, 0.3) is 0 Å². The molecule has 1 saturated heterocycles. The van der Waals surface area contributed by atoms with Gasteiger partial charge in [0.2, 0.25) is 0 Å². The molecular formula is C14H18N2O2.